The highest BCUT2D eigenvalue weighted by Crippen LogP contribution is 2.37. The minimum absolute atomic E-state index is 0.00614. The quantitative estimate of drug-likeness (QED) is 0.886. The lowest BCUT2D eigenvalue weighted by Gasteiger charge is -2.34. The molecule has 0 spiro atoms. The number of aromatic nitrogens is 3. The molecular formula is C14H20N4O. The van der Waals surface area contributed by atoms with Crippen molar-refractivity contribution in [3.63, 3.8) is 0 Å². The molecule has 5 nitrogen and oxygen atoms in total. The van der Waals surface area contributed by atoms with Gasteiger partial charge in [0.05, 0.1) is 12.6 Å². The number of pyridine rings is 1. The van der Waals surface area contributed by atoms with Crippen LogP contribution in [0, 0.1) is 0 Å². The molecule has 0 radical (unpaired) electrons. The first kappa shape index (κ1) is 12.4. The van der Waals surface area contributed by atoms with Crippen LogP contribution in [0.3, 0.4) is 0 Å². The topological polar surface area (TPSA) is 76.8 Å². The van der Waals surface area contributed by atoms with Gasteiger partial charge in [-0.15, -0.1) is 0 Å². The predicted octanol–water partition coefficient (Wildman–Crippen LogP) is 2.13. The van der Waals surface area contributed by atoms with Crippen LogP contribution in [0.15, 0.2) is 12.1 Å². The normalized spacial score (nSPS) is 18.6. The number of nitrogens with zero attached hydrogens (tertiary/aromatic N) is 2. The molecule has 3 rings (SSSR count). The molecule has 0 aliphatic heterocycles. The molecule has 1 fully saturated rings. The largest absolute Gasteiger partial charge is 0.481 e. The van der Waals surface area contributed by atoms with Gasteiger partial charge in [-0.2, -0.15) is 4.98 Å². The fraction of sp³-hybridized carbons (Fsp3) is 0.571. The zero-order chi connectivity index (χ0) is 13.3. The third-order valence-electron chi connectivity index (χ3n) is 4.23. The number of H-pyrrole nitrogens is 1. The Morgan fingerprint density at radius 1 is 1.26 bits per heavy atom. The third kappa shape index (κ3) is 2.08. The summed E-state index contributed by atoms with van der Waals surface area (Å²) < 4.78 is 5.14. The lowest BCUT2D eigenvalue weighted by Crippen LogP contribution is -2.38. The van der Waals surface area contributed by atoms with E-state index in [1.807, 2.05) is 12.1 Å². The van der Waals surface area contributed by atoms with Gasteiger partial charge in [0.1, 0.15) is 5.82 Å². The Morgan fingerprint density at radius 3 is 2.74 bits per heavy atom. The van der Waals surface area contributed by atoms with Crippen molar-refractivity contribution in [2.24, 2.45) is 5.73 Å². The summed E-state index contributed by atoms with van der Waals surface area (Å²) in [7, 11) is 1.62. The van der Waals surface area contributed by atoms with E-state index in [9.17, 15) is 0 Å². The van der Waals surface area contributed by atoms with Gasteiger partial charge >= 0.3 is 0 Å². The number of hydrogen-bond donors (Lipinski definition) is 2. The van der Waals surface area contributed by atoms with Crippen LogP contribution in [-0.4, -0.2) is 28.6 Å². The Kier molecular flexibility index (Phi) is 3.14. The van der Waals surface area contributed by atoms with Gasteiger partial charge < -0.3 is 15.5 Å². The number of ether oxygens (including phenoxy) is 1. The predicted molar refractivity (Wildman–Crippen MR) is 74.3 cm³/mol. The highest BCUT2D eigenvalue weighted by atomic mass is 16.5. The maximum atomic E-state index is 6.04. The fourth-order valence-electron chi connectivity index (χ4n) is 3.01. The Bertz CT molecular complexity index is 572. The summed E-state index contributed by atoms with van der Waals surface area (Å²) in [5, 5.41) is 0. The second-order valence-corrected chi connectivity index (χ2v) is 5.36. The van der Waals surface area contributed by atoms with E-state index in [1.165, 1.54) is 19.3 Å². The Labute approximate surface area is 112 Å². The number of nitrogens with two attached hydrogens (primary N) is 1. The summed E-state index contributed by atoms with van der Waals surface area (Å²) >= 11 is 0. The highest BCUT2D eigenvalue weighted by Gasteiger charge is 2.35. The van der Waals surface area contributed by atoms with E-state index in [0.717, 1.165) is 24.2 Å². The molecule has 2 aromatic rings. The molecule has 5 heteroatoms. The van der Waals surface area contributed by atoms with Crippen molar-refractivity contribution in [3.8, 4) is 5.88 Å². The van der Waals surface area contributed by atoms with E-state index < -0.39 is 0 Å². The van der Waals surface area contributed by atoms with Crippen LogP contribution < -0.4 is 10.5 Å². The molecule has 0 unspecified atom stereocenters. The minimum Gasteiger partial charge on any atom is -0.481 e. The lowest BCUT2D eigenvalue weighted by molar-refractivity contribution is 0.288. The van der Waals surface area contributed by atoms with Gasteiger partial charge in [0.2, 0.25) is 5.88 Å². The number of aromatic amines is 1. The van der Waals surface area contributed by atoms with Gasteiger partial charge in [0.25, 0.3) is 0 Å². The maximum Gasteiger partial charge on any atom is 0.215 e. The summed E-state index contributed by atoms with van der Waals surface area (Å²) in [4.78, 5) is 12.4. The molecule has 0 amide bonds. The van der Waals surface area contributed by atoms with E-state index in [0.29, 0.717) is 18.1 Å². The van der Waals surface area contributed by atoms with Crippen molar-refractivity contribution < 1.29 is 4.74 Å². The second-order valence-electron chi connectivity index (χ2n) is 5.36. The molecule has 3 N–H and O–H groups in total. The van der Waals surface area contributed by atoms with Crippen LogP contribution in [0.4, 0.5) is 0 Å². The second kappa shape index (κ2) is 4.81. The SMILES string of the molecule is COc1ccc2[nH]c(C3(CN)CCCCC3)nc2n1. The molecule has 0 atom stereocenters. The third-order valence-corrected chi connectivity index (χ3v) is 4.23. The summed E-state index contributed by atoms with van der Waals surface area (Å²) in [6.07, 6.45) is 5.98. The van der Waals surface area contributed by atoms with E-state index in [4.69, 9.17) is 10.5 Å². The molecule has 1 saturated carbocycles. The Balaban J connectivity index is 2.03. The highest BCUT2D eigenvalue weighted by molar-refractivity contribution is 5.71. The molecule has 2 heterocycles. The van der Waals surface area contributed by atoms with Crippen LogP contribution in [0.25, 0.3) is 11.2 Å². The van der Waals surface area contributed by atoms with E-state index in [2.05, 4.69) is 15.0 Å². The summed E-state index contributed by atoms with van der Waals surface area (Å²) in [6, 6.07) is 3.81. The van der Waals surface area contributed by atoms with Crippen LogP contribution >= 0.6 is 0 Å². The number of hydrogen-bond acceptors (Lipinski definition) is 4. The molecule has 1 aliphatic carbocycles. The summed E-state index contributed by atoms with van der Waals surface area (Å²) in [5.41, 5.74) is 7.72. The first-order valence-electron chi connectivity index (χ1n) is 6.89. The maximum absolute atomic E-state index is 6.04. The summed E-state index contributed by atoms with van der Waals surface area (Å²) in [5.74, 6) is 1.58. The molecule has 0 saturated heterocycles. The average molecular weight is 260 g/mol. The molecule has 1 aliphatic rings. The van der Waals surface area contributed by atoms with Crippen LogP contribution in [-0.2, 0) is 5.41 Å². The summed E-state index contributed by atoms with van der Waals surface area (Å²) in [6.45, 7) is 0.643. The smallest absolute Gasteiger partial charge is 0.215 e. The van der Waals surface area contributed by atoms with Gasteiger partial charge in [-0.25, -0.2) is 4.98 Å². The van der Waals surface area contributed by atoms with Crippen molar-refractivity contribution in [3.05, 3.63) is 18.0 Å². The standard InChI is InChI=1S/C14H20N4O/c1-19-11-6-5-10-12(17-11)18-13(16-10)14(9-15)7-3-2-4-8-14/h5-6H,2-4,7-9,15H2,1H3,(H,16,17,18). The molecule has 19 heavy (non-hydrogen) atoms. The van der Waals surface area contributed by atoms with Gasteiger partial charge in [-0.3, -0.25) is 0 Å². The van der Waals surface area contributed by atoms with Crippen LogP contribution in [0.2, 0.25) is 0 Å². The van der Waals surface area contributed by atoms with Gasteiger partial charge in [0, 0.05) is 18.0 Å². The zero-order valence-electron chi connectivity index (χ0n) is 11.3. The molecule has 0 aromatic carbocycles. The molecular weight excluding hydrogens is 240 g/mol. The van der Waals surface area contributed by atoms with Gasteiger partial charge in [0.15, 0.2) is 5.65 Å². The van der Waals surface area contributed by atoms with Crippen molar-refractivity contribution in [1.82, 2.24) is 15.0 Å². The van der Waals surface area contributed by atoms with Crippen molar-refractivity contribution in [2.75, 3.05) is 13.7 Å². The zero-order valence-corrected chi connectivity index (χ0v) is 11.3. The number of methoxy groups -OCH3 is 1. The number of imidazole rings is 1. The van der Waals surface area contributed by atoms with Crippen molar-refractivity contribution >= 4 is 11.2 Å². The van der Waals surface area contributed by atoms with Crippen LogP contribution in [0.1, 0.15) is 37.9 Å². The first-order valence-corrected chi connectivity index (χ1v) is 6.89. The molecule has 0 bridgehead atoms. The van der Waals surface area contributed by atoms with Crippen LogP contribution in [0.5, 0.6) is 5.88 Å². The first-order chi connectivity index (χ1) is 9.27. The van der Waals surface area contributed by atoms with Gasteiger partial charge in [-0.1, -0.05) is 19.3 Å². The van der Waals surface area contributed by atoms with E-state index in [-0.39, 0.29) is 5.41 Å². The average Bonchev–Trinajstić information content (AvgIpc) is 2.91. The number of nitrogens with one attached hydrogen (secondary N) is 1. The van der Waals surface area contributed by atoms with E-state index in [1.54, 1.807) is 7.11 Å². The van der Waals surface area contributed by atoms with Crippen molar-refractivity contribution in [1.29, 1.82) is 0 Å². The molecule has 2 aromatic heterocycles. The fourth-order valence-corrected chi connectivity index (χ4v) is 3.01. The van der Waals surface area contributed by atoms with Gasteiger partial charge in [-0.05, 0) is 18.9 Å². The monoisotopic (exact) mass is 260 g/mol. The van der Waals surface area contributed by atoms with Crippen molar-refractivity contribution in [2.45, 2.75) is 37.5 Å². The van der Waals surface area contributed by atoms with E-state index >= 15 is 0 Å². The number of fused-ring (bicyclic) bond motifs is 1. The number of rotatable bonds is 3. The Morgan fingerprint density at radius 2 is 2.05 bits per heavy atom. The minimum atomic E-state index is 0.00614. The Hall–Kier alpha value is -1.62. The lowest BCUT2D eigenvalue weighted by atomic mass is 9.73. The molecule has 102 valence electrons.